The number of esters is 1. The minimum Gasteiger partial charge on any atom is -0.495 e. The molecule has 0 saturated heterocycles. The third-order valence-corrected chi connectivity index (χ3v) is 19.1. The van der Waals surface area contributed by atoms with Crippen molar-refractivity contribution in [1.29, 1.82) is 0 Å². The Morgan fingerprint density at radius 2 is 0.802 bits per heavy atom. The fraction of sp³-hybridized carbons (Fsp3) is 0.146. The van der Waals surface area contributed by atoms with Crippen molar-refractivity contribution in [3.05, 3.63) is 283 Å². The Kier molecular flexibility index (Phi) is 28.5. The molecule has 121 heavy (non-hydrogen) atoms. The number of halogens is 4. The van der Waals surface area contributed by atoms with Crippen molar-refractivity contribution in [1.82, 2.24) is 66.7 Å². The zero-order chi connectivity index (χ0) is 85.5. The van der Waals surface area contributed by atoms with Gasteiger partial charge in [0, 0.05) is 12.7 Å². The summed E-state index contributed by atoms with van der Waals surface area (Å²) in [6, 6.07) is 39.6. The van der Waals surface area contributed by atoms with E-state index < -0.39 is 29.2 Å². The monoisotopic (exact) mass is 1660 g/mol. The van der Waals surface area contributed by atoms with Crippen LogP contribution in [0.25, 0.3) is 92.2 Å². The summed E-state index contributed by atoms with van der Waals surface area (Å²) >= 11 is 1.58. The molecule has 7 aromatic heterocycles. The summed E-state index contributed by atoms with van der Waals surface area (Å²) in [4.78, 5) is 58.7. The SMILES string of the molecule is CCOC(=O)c1ccc2n[nH]c(/C=C/c3ccc(F)c(OC)c3)c2c1OC.COc1ccc(/C=C/c2[nH]nc3ccc(C(=O)NCc4ccccn4)c(OC)c23)cc1F.COc1ccc(/C=C/c2[nH]nc3ccc(C(=O)NCc4ccsc4)c(OC)c23)cc1F.COc1ccc(/C=C/c2[nH]nc3ccc(C(=O)NCc4ncco4)c(OC)c23)cc1F. The smallest absolute Gasteiger partial charge is 0.341 e. The number of H-pyrrole nitrogens is 4. The molecule has 0 saturated carbocycles. The highest BCUT2D eigenvalue weighted by Crippen LogP contribution is 2.38. The number of nitrogens with one attached hydrogen (secondary N) is 7. The van der Waals surface area contributed by atoms with Crippen LogP contribution in [0, 0.1) is 23.3 Å². The van der Waals surface area contributed by atoms with Gasteiger partial charge in [-0.25, -0.2) is 27.3 Å². The van der Waals surface area contributed by atoms with Crippen LogP contribution in [0.3, 0.4) is 0 Å². The molecule has 0 bridgehead atoms. The van der Waals surface area contributed by atoms with Gasteiger partial charge in [0.25, 0.3) is 17.7 Å². The largest absolute Gasteiger partial charge is 0.495 e. The first-order valence-electron chi connectivity index (χ1n) is 37.0. The second kappa shape index (κ2) is 40.5. The summed E-state index contributed by atoms with van der Waals surface area (Å²) < 4.78 is 108. The van der Waals surface area contributed by atoms with Crippen molar-refractivity contribution >= 4 is 127 Å². The number of methoxy groups -OCH3 is 8. The molecule has 27 nitrogen and oxygen atoms in total. The highest BCUT2D eigenvalue weighted by molar-refractivity contribution is 7.08. The Morgan fingerprint density at radius 1 is 0.405 bits per heavy atom. The van der Waals surface area contributed by atoms with E-state index in [0.29, 0.717) is 147 Å². The molecule has 15 rings (SSSR count). The molecule has 8 aromatic carbocycles. The van der Waals surface area contributed by atoms with Gasteiger partial charge in [-0.05, 0) is 185 Å². The van der Waals surface area contributed by atoms with E-state index in [1.807, 2.05) is 35.0 Å². The first kappa shape index (κ1) is 85.0. The molecule has 0 atom stereocenters. The fourth-order valence-corrected chi connectivity index (χ4v) is 13.2. The van der Waals surface area contributed by atoms with E-state index in [4.69, 9.17) is 47.0 Å². The van der Waals surface area contributed by atoms with Crippen LogP contribution < -0.4 is 53.8 Å². The molecule has 0 unspecified atom stereocenters. The van der Waals surface area contributed by atoms with Crippen LogP contribution in [0.15, 0.2) is 179 Å². The number of carbonyl (C=O) groups excluding carboxylic acids is 4. The van der Waals surface area contributed by atoms with Crippen molar-refractivity contribution in [2.24, 2.45) is 0 Å². The normalized spacial score (nSPS) is 11.1. The van der Waals surface area contributed by atoms with Crippen LogP contribution in [0.2, 0.25) is 0 Å². The summed E-state index contributed by atoms with van der Waals surface area (Å²) in [7, 11) is 11.7. The van der Waals surface area contributed by atoms with Crippen LogP contribution in [0.1, 0.15) is 111 Å². The average Bonchev–Trinajstić information content (AvgIpc) is 1.67. The lowest BCUT2D eigenvalue weighted by Gasteiger charge is -2.10. The summed E-state index contributed by atoms with van der Waals surface area (Å²) in [5.41, 5.74) is 11.1. The van der Waals surface area contributed by atoms with Gasteiger partial charge < -0.3 is 63.0 Å². The Bertz CT molecular complexity index is 6110. The van der Waals surface area contributed by atoms with Crippen LogP contribution in [0.5, 0.6) is 46.0 Å². The van der Waals surface area contributed by atoms with Gasteiger partial charge >= 0.3 is 5.97 Å². The van der Waals surface area contributed by atoms with Gasteiger partial charge in [0.2, 0.25) is 5.89 Å². The van der Waals surface area contributed by atoms with E-state index in [0.717, 1.165) is 16.8 Å². The predicted octanol–water partition coefficient (Wildman–Crippen LogP) is 17.0. The first-order chi connectivity index (χ1) is 58.9. The van der Waals surface area contributed by atoms with Gasteiger partial charge in [0.1, 0.15) is 34.8 Å². The topological polar surface area (TPSA) is 341 Å². The Balaban J connectivity index is 0.000000148. The number of amides is 3. The minimum atomic E-state index is -0.462. The number of aromatic nitrogens is 10. The van der Waals surface area contributed by atoms with E-state index in [-0.39, 0.29) is 53.9 Å². The van der Waals surface area contributed by atoms with Crippen LogP contribution in [-0.2, 0) is 24.4 Å². The van der Waals surface area contributed by atoms with Gasteiger partial charge in [-0.15, -0.1) is 0 Å². The van der Waals surface area contributed by atoms with Crippen molar-refractivity contribution in [3.63, 3.8) is 0 Å². The van der Waals surface area contributed by atoms with E-state index in [9.17, 15) is 36.7 Å². The predicted molar refractivity (Wildman–Crippen MR) is 453 cm³/mol. The summed E-state index contributed by atoms with van der Waals surface area (Å²) in [5.74, 6) is -0.438. The maximum atomic E-state index is 14.0. The molecule has 0 radical (unpaired) electrons. The number of oxazole rings is 1. The Labute approximate surface area is 693 Å². The van der Waals surface area contributed by atoms with Gasteiger partial charge in [-0.3, -0.25) is 39.8 Å². The average molecular weight is 1660 g/mol. The molecular weight excluding hydrogens is 1580 g/mol. The third-order valence-electron chi connectivity index (χ3n) is 18.4. The minimum absolute atomic E-state index is 0.147. The number of nitrogens with zero attached hydrogens (tertiary/aromatic N) is 6. The lowest BCUT2D eigenvalue weighted by Crippen LogP contribution is -2.23. The van der Waals surface area contributed by atoms with Crippen molar-refractivity contribution in [2.45, 2.75) is 26.6 Å². The van der Waals surface area contributed by atoms with Crippen LogP contribution in [-0.4, -0.2) is 138 Å². The number of hydrogen-bond acceptors (Lipinski definition) is 21. The number of fused-ring (bicyclic) bond motifs is 4. The molecule has 0 aliphatic rings. The number of benzene rings is 8. The molecule has 32 heteroatoms. The third kappa shape index (κ3) is 20.4. The number of aromatic amines is 4. The lowest BCUT2D eigenvalue weighted by molar-refractivity contribution is 0.0522. The van der Waals surface area contributed by atoms with E-state index in [1.54, 1.807) is 170 Å². The molecule has 0 fully saturated rings. The molecule has 0 aliphatic heterocycles. The summed E-state index contributed by atoms with van der Waals surface area (Å²) in [5, 5.41) is 43.9. The van der Waals surface area contributed by atoms with Crippen molar-refractivity contribution in [3.8, 4) is 46.0 Å². The lowest BCUT2D eigenvalue weighted by atomic mass is 10.1. The summed E-state index contributed by atoms with van der Waals surface area (Å²) in [6.45, 7) is 2.89. The van der Waals surface area contributed by atoms with Crippen LogP contribution >= 0.6 is 11.3 Å². The number of thiophene rings is 1. The number of rotatable bonds is 27. The quantitative estimate of drug-likeness (QED) is 0.0186. The maximum absolute atomic E-state index is 14.0. The Hall–Kier alpha value is -15.3. The van der Waals surface area contributed by atoms with Gasteiger partial charge in [-0.1, -0.05) is 54.6 Å². The van der Waals surface area contributed by atoms with Gasteiger partial charge in [-0.2, -0.15) is 31.7 Å². The molecule has 618 valence electrons. The van der Waals surface area contributed by atoms with Crippen molar-refractivity contribution in [2.75, 3.05) is 63.5 Å². The van der Waals surface area contributed by atoms with Gasteiger partial charge in [0.15, 0.2) is 46.3 Å². The zero-order valence-corrected chi connectivity index (χ0v) is 67.3. The molecule has 0 spiro atoms. The maximum Gasteiger partial charge on any atom is 0.341 e. The molecular formula is C89H79F4N13O14S. The van der Waals surface area contributed by atoms with Crippen LogP contribution in [0.4, 0.5) is 17.6 Å². The van der Waals surface area contributed by atoms with E-state index in [1.165, 1.54) is 93.6 Å². The number of pyridine rings is 1. The molecule has 3 amide bonds. The molecule has 7 N–H and O–H groups in total. The zero-order valence-electron chi connectivity index (χ0n) is 66.5. The fourth-order valence-electron chi connectivity index (χ4n) is 12.5. The number of carbonyl (C=O) groups is 4. The van der Waals surface area contributed by atoms with E-state index in [2.05, 4.69) is 66.7 Å². The second-order valence-corrected chi connectivity index (χ2v) is 26.5. The molecule has 0 aliphatic carbocycles. The van der Waals surface area contributed by atoms with Crippen molar-refractivity contribution < 1.29 is 83.8 Å². The second-order valence-electron chi connectivity index (χ2n) is 25.8. The molecule has 7 heterocycles. The van der Waals surface area contributed by atoms with Gasteiger partial charge in [0.05, 0.1) is 172 Å². The standard InChI is InChI=1S/C24H21FN4O3.C23H20FN3O3S.C22H19FN4O4.C20H19FN2O4/c1-31-21-11-7-15(13-18(21)25)6-9-19-22-20(29-28-19)10-8-17(23(22)32-2)24(30)27-14-16-5-3-4-12-26-16;1-29-20-8-4-14(11-17(20)24)3-6-18-21-19(27-26-18)7-5-16(22(21)30-2)23(28)25-12-15-9-10-31-13-15;1-29-18-8-4-13(11-15(18)23)3-6-16-20-17(27-26-16)7-5-14(21(20)30-2)22(28)25-12-19-24-9-10-31-19;1-4-27-20(24)13-7-10-16-18(19(13)26-3)15(22-23-16)9-6-12-5-8-14(21)17(11-12)25-2/h3-13H,14H2,1-2H3,(H,27,30)(H,28,29);3-11,13H,12H2,1-2H3,(H,25,28)(H,26,27);3-11H,12H2,1-2H3,(H,25,28)(H,26,27);5-11H,4H2,1-3H3,(H,22,23)/b9-6+;2*6-3+;9-6+. The highest BCUT2D eigenvalue weighted by atomic mass is 32.1. The molecule has 15 aromatic rings. The number of ether oxygens (including phenoxy) is 9. The summed E-state index contributed by atoms with van der Waals surface area (Å²) in [6.07, 6.45) is 18.7. The van der Waals surface area contributed by atoms with E-state index >= 15 is 0 Å². The number of hydrogen-bond donors (Lipinski definition) is 7. The first-order valence-corrected chi connectivity index (χ1v) is 37.9. The highest BCUT2D eigenvalue weighted by Gasteiger charge is 2.25. The Morgan fingerprint density at radius 3 is 1.17 bits per heavy atom.